The Morgan fingerprint density at radius 1 is 0.867 bits per heavy atom. The van der Waals surface area contributed by atoms with Gasteiger partial charge in [0, 0.05) is 12.8 Å². The third-order valence-corrected chi connectivity index (χ3v) is 2.98. The van der Waals surface area contributed by atoms with Crippen molar-refractivity contribution in [2.45, 2.75) is 25.7 Å². The Morgan fingerprint density at radius 2 is 1.33 bits per heavy atom. The third kappa shape index (κ3) is 1.42. The maximum atomic E-state index is 11.6. The standard InChI is InChI=1S/C9H10N2O4/c12-5-1-3-9(4-2-5)6(13)10-8(15)11-7(9)14/h1-4H2,(H2,10,11,13,14,15). The molecule has 15 heavy (non-hydrogen) atoms. The maximum Gasteiger partial charge on any atom is 0.328 e. The molecule has 0 aromatic rings. The zero-order valence-electron chi connectivity index (χ0n) is 7.96. The fraction of sp³-hybridized carbons (Fsp3) is 0.556. The largest absolute Gasteiger partial charge is 0.328 e. The summed E-state index contributed by atoms with van der Waals surface area (Å²) in [7, 11) is 0. The molecular formula is C9H10N2O4. The molecule has 0 aromatic heterocycles. The number of hydrogen-bond acceptors (Lipinski definition) is 4. The van der Waals surface area contributed by atoms with Crippen LogP contribution in [-0.4, -0.2) is 23.6 Å². The second kappa shape index (κ2) is 3.15. The van der Waals surface area contributed by atoms with E-state index in [-0.39, 0.29) is 31.5 Å². The molecule has 2 fully saturated rings. The van der Waals surface area contributed by atoms with Crippen molar-refractivity contribution in [3.8, 4) is 0 Å². The van der Waals surface area contributed by atoms with Crippen LogP contribution in [0.4, 0.5) is 4.79 Å². The zero-order chi connectivity index (χ0) is 11.1. The van der Waals surface area contributed by atoms with Gasteiger partial charge in [0.15, 0.2) is 0 Å². The molecular weight excluding hydrogens is 200 g/mol. The van der Waals surface area contributed by atoms with Gasteiger partial charge in [0.25, 0.3) is 0 Å². The van der Waals surface area contributed by atoms with Crippen molar-refractivity contribution in [1.29, 1.82) is 0 Å². The van der Waals surface area contributed by atoms with E-state index in [0.29, 0.717) is 0 Å². The fourth-order valence-electron chi connectivity index (χ4n) is 1.99. The normalized spacial score (nSPS) is 25.1. The second-order valence-corrected chi connectivity index (χ2v) is 3.86. The first kappa shape index (κ1) is 9.82. The molecule has 6 heteroatoms. The molecule has 2 N–H and O–H groups in total. The predicted molar refractivity (Wildman–Crippen MR) is 47.6 cm³/mol. The van der Waals surface area contributed by atoms with Gasteiger partial charge in [-0.1, -0.05) is 0 Å². The Balaban J connectivity index is 2.26. The van der Waals surface area contributed by atoms with E-state index in [4.69, 9.17) is 0 Å². The Labute approximate surface area is 85.4 Å². The maximum absolute atomic E-state index is 11.6. The van der Waals surface area contributed by atoms with Crippen molar-refractivity contribution < 1.29 is 19.2 Å². The molecule has 2 rings (SSSR count). The first-order valence-electron chi connectivity index (χ1n) is 4.73. The molecule has 2 aliphatic rings. The topological polar surface area (TPSA) is 92.3 Å². The summed E-state index contributed by atoms with van der Waals surface area (Å²) in [5.74, 6) is -1.11. The van der Waals surface area contributed by atoms with Gasteiger partial charge in [0.1, 0.15) is 11.2 Å². The lowest BCUT2D eigenvalue weighted by molar-refractivity contribution is -0.147. The molecule has 0 atom stereocenters. The number of barbiturate groups is 1. The lowest BCUT2D eigenvalue weighted by Crippen LogP contribution is -2.63. The van der Waals surface area contributed by atoms with Gasteiger partial charge in [-0.15, -0.1) is 0 Å². The molecule has 1 aliphatic heterocycles. The van der Waals surface area contributed by atoms with Crippen molar-refractivity contribution in [2.24, 2.45) is 5.41 Å². The van der Waals surface area contributed by atoms with E-state index >= 15 is 0 Å². The molecule has 1 spiro atoms. The van der Waals surface area contributed by atoms with Crippen molar-refractivity contribution in [2.75, 3.05) is 0 Å². The van der Waals surface area contributed by atoms with Gasteiger partial charge in [-0.2, -0.15) is 0 Å². The SMILES string of the molecule is O=C1CCC2(CC1)C(=O)NC(=O)NC2=O. The Kier molecular flexibility index (Phi) is 2.06. The average molecular weight is 210 g/mol. The summed E-state index contributed by atoms with van der Waals surface area (Å²) >= 11 is 0. The highest BCUT2D eigenvalue weighted by molar-refractivity contribution is 6.19. The number of rotatable bonds is 0. The van der Waals surface area contributed by atoms with Gasteiger partial charge in [0.05, 0.1) is 0 Å². The number of Topliss-reactive ketones (excluding diaryl/α,β-unsaturated/α-hetero) is 1. The van der Waals surface area contributed by atoms with Crippen molar-refractivity contribution in [1.82, 2.24) is 10.6 Å². The number of imide groups is 2. The number of carbonyl (C=O) groups excluding carboxylic acids is 4. The highest BCUT2D eigenvalue weighted by Gasteiger charge is 2.51. The number of hydrogen-bond donors (Lipinski definition) is 2. The van der Waals surface area contributed by atoms with Crippen LogP contribution in [0.5, 0.6) is 0 Å². The summed E-state index contributed by atoms with van der Waals surface area (Å²) in [6.07, 6.45) is 0.817. The van der Waals surface area contributed by atoms with E-state index in [0.717, 1.165) is 0 Å². The Bertz CT molecular complexity index is 342. The van der Waals surface area contributed by atoms with Crippen LogP contribution in [0.1, 0.15) is 25.7 Å². The first-order chi connectivity index (χ1) is 7.04. The van der Waals surface area contributed by atoms with Crippen LogP contribution >= 0.6 is 0 Å². The van der Waals surface area contributed by atoms with E-state index in [2.05, 4.69) is 10.6 Å². The molecule has 0 radical (unpaired) electrons. The van der Waals surface area contributed by atoms with Crippen LogP contribution in [0.2, 0.25) is 0 Å². The average Bonchev–Trinajstić information content (AvgIpc) is 2.16. The quantitative estimate of drug-likeness (QED) is 0.526. The molecule has 0 aromatic carbocycles. The van der Waals surface area contributed by atoms with Gasteiger partial charge >= 0.3 is 6.03 Å². The van der Waals surface area contributed by atoms with Gasteiger partial charge in [-0.05, 0) is 12.8 Å². The number of amides is 4. The number of urea groups is 1. The predicted octanol–water partition coefficient (Wildman–Crippen LogP) is -0.518. The number of carbonyl (C=O) groups is 4. The summed E-state index contributed by atoms with van der Waals surface area (Å²) in [6.45, 7) is 0. The number of ketones is 1. The van der Waals surface area contributed by atoms with E-state index in [1.54, 1.807) is 0 Å². The van der Waals surface area contributed by atoms with Gasteiger partial charge in [-0.3, -0.25) is 25.0 Å². The molecule has 6 nitrogen and oxygen atoms in total. The van der Waals surface area contributed by atoms with Crippen LogP contribution in [0.15, 0.2) is 0 Å². The van der Waals surface area contributed by atoms with Crippen molar-refractivity contribution in [3.05, 3.63) is 0 Å². The fourth-order valence-corrected chi connectivity index (χ4v) is 1.99. The van der Waals surface area contributed by atoms with Crippen LogP contribution < -0.4 is 10.6 Å². The minimum absolute atomic E-state index is 0.0538. The van der Waals surface area contributed by atoms with Crippen LogP contribution in [0.25, 0.3) is 0 Å². The summed E-state index contributed by atoms with van der Waals surface area (Å²) in [4.78, 5) is 45.1. The second-order valence-electron chi connectivity index (χ2n) is 3.86. The van der Waals surface area contributed by atoms with E-state index in [9.17, 15) is 19.2 Å². The van der Waals surface area contributed by atoms with E-state index < -0.39 is 23.3 Å². The lowest BCUT2D eigenvalue weighted by atomic mass is 9.71. The van der Waals surface area contributed by atoms with Crippen molar-refractivity contribution >= 4 is 23.6 Å². The highest BCUT2D eigenvalue weighted by atomic mass is 16.2. The minimum atomic E-state index is -1.21. The van der Waals surface area contributed by atoms with Gasteiger partial charge in [0.2, 0.25) is 11.8 Å². The smallest absolute Gasteiger partial charge is 0.300 e. The van der Waals surface area contributed by atoms with Crippen LogP contribution in [0, 0.1) is 5.41 Å². The molecule has 0 bridgehead atoms. The van der Waals surface area contributed by atoms with Crippen LogP contribution in [0.3, 0.4) is 0 Å². The summed E-state index contributed by atoms with van der Waals surface area (Å²) in [5.41, 5.74) is -1.21. The van der Waals surface area contributed by atoms with Gasteiger partial charge < -0.3 is 0 Å². The monoisotopic (exact) mass is 210 g/mol. The van der Waals surface area contributed by atoms with E-state index in [1.807, 2.05) is 0 Å². The van der Waals surface area contributed by atoms with Crippen molar-refractivity contribution in [3.63, 3.8) is 0 Å². The summed E-state index contributed by atoms with van der Waals surface area (Å²) in [5, 5.41) is 4.13. The van der Waals surface area contributed by atoms with Gasteiger partial charge in [-0.25, -0.2) is 4.79 Å². The number of nitrogens with one attached hydrogen (secondary N) is 2. The lowest BCUT2D eigenvalue weighted by Gasteiger charge is -2.35. The molecule has 0 unspecified atom stereocenters. The minimum Gasteiger partial charge on any atom is -0.300 e. The first-order valence-corrected chi connectivity index (χ1v) is 4.73. The van der Waals surface area contributed by atoms with E-state index in [1.165, 1.54) is 0 Å². The molecule has 1 aliphatic carbocycles. The molecule has 4 amide bonds. The summed E-state index contributed by atoms with van der Waals surface area (Å²) < 4.78 is 0. The summed E-state index contributed by atoms with van der Waals surface area (Å²) in [6, 6.07) is -0.785. The molecule has 1 saturated heterocycles. The highest BCUT2D eigenvalue weighted by Crippen LogP contribution is 2.36. The molecule has 1 saturated carbocycles. The zero-order valence-corrected chi connectivity index (χ0v) is 7.96. The Hall–Kier alpha value is -1.72. The molecule has 80 valence electrons. The third-order valence-electron chi connectivity index (χ3n) is 2.98. The Morgan fingerprint density at radius 3 is 1.80 bits per heavy atom. The molecule has 1 heterocycles. The van der Waals surface area contributed by atoms with Crippen LogP contribution in [-0.2, 0) is 14.4 Å².